The van der Waals surface area contributed by atoms with E-state index >= 15 is 0 Å². The Labute approximate surface area is 109 Å². The molecule has 0 radical (unpaired) electrons. The van der Waals surface area contributed by atoms with Crippen LogP contribution in [0.1, 0.15) is 12.2 Å². The summed E-state index contributed by atoms with van der Waals surface area (Å²) >= 11 is 1.34. The van der Waals surface area contributed by atoms with E-state index < -0.39 is 0 Å². The van der Waals surface area contributed by atoms with Crippen molar-refractivity contribution in [1.82, 2.24) is 9.36 Å². The number of aromatic nitrogens is 2. The molecule has 0 saturated carbocycles. The van der Waals surface area contributed by atoms with E-state index in [0.29, 0.717) is 6.54 Å². The van der Waals surface area contributed by atoms with Crippen molar-refractivity contribution in [3.63, 3.8) is 0 Å². The Balaban J connectivity index is 2.27. The maximum Gasteiger partial charge on any atom is 0.209 e. The molecule has 1 heterocycles. The molecule has 0 aliphatic rings. The van der Waals surface area contributed by atoms with Crippen LogP contribution in [0.2, 0.25) is 0 Å². The highest BCUT2D eigenvalue weighted by molar-refractivity contribution is 7.09. The van der Waals surface area contributed by atoms with Gasteiger partial charge in [0.2, 0.25) is 5.13 Å². The fourth-order valence-corrected chi connectivity index (χ4v) is 2.32. The van der Waals surface area contributed by atoms with Crippen molar-refractivity contribution in [3.05, 3.63) is 35.9 Å². The van der Waals surface area contributed by atoms with Gasteiger partial charge in [-0.1, -0.05) is 0 Å². The minimum absolute atomic E-state index is 0.244. The standard InChI is InChI=1S/C12H15FN4S/c1-9-15-12(18-16-9)17(8-2-7-14)11-5-3-10(13)4-6-11/h3-6H,2,7-8,14H2,1H3. The zero-order chi connectivity index (χ0) is 13.0. The van der Waals surface area contributed by atoms with Crippen LogP contribution >= 0.6 is 11.5 Å². The van der Waals surface area contributed by atoms with Gasteiger partial charge in [0.05, 0.1) is 0 Å². The lowest BCUT2D eigenvalue weighted by atomic mass is 10.2. The predicted octanol–water partition coefficient (Wildman–Crippen LogP) is 2.47. The van der Waals surface area contributed by atoms with Crippen LogP contribution in [0.3, 0.4) is 0 Å². The van der Waals surface area contributed by atoms with Gasteiger partial charge in [0.15, 0.2) is 0 Å². The smallest absolute Gasteiger partial charge is 0.209 e. The molecule has 0 amide bonds. The van der Waals surface area contributed by atoms with Crippen LogP contribution in [0, 0.1) is 12.7 Å². The van der Waals surface area contributed by atoms with E-state index in [-0.39, 0.29) is 5.82 Å². The van der Waals surface area contributed by atoms with Crippen molar-refractivity contribution >= 4 is 22.4 Å². The lowest BCUT2D eigenvalue weighted by Gasteiger charge is -2.21. The highest BCUT2D eigenvalue weighted by Gasteiger charge is 2.13. The number of hydrogen-bond donors (Lipinski definition) is 1. The third-order valence-electron chi connectivity index (χ3n) is 2.47. The van der Waals surface area contributed by atoms with Gasteiger partial charge in [-0.15, -0.1) is 0 Å². The lowest BCUT2D eigenvalue weighted by molar-refractivity contribution is 0.627. The Morgan fingerprint density at radius 1 is 1.33 bits per heavy atom. The molecule has 6 heteroatoms. The highest BCUT2D eigenvalue weighted by Crippen LogP contribution is 2.27. The zero-order valence-corrected chi connectivity index (χ0v) is 11.0. The van der Waals surface area contributed by atoms with E-state index in [2.05, 4.69) is 9.36 Å². The molecule has 1 aromatic carbocycles. The molecule has 4 nitrogen and oxygen atoms in total. The van der Waals surface area contributed by atoms with Gasteiger partial charge in [-0.05, 0) is 44.2 Å². The first kappa shape index (κ1) is 12.9. The highest BCUT2D eigenvalue weighted by atomic mass is 32.1. The van der Waals surface area contributed by atoms with Crippen LogP contribution in [-0.4, -0.2) is 22.4 Å². The fourth-order valence-electron chi connectivity index (χ4n) is 1.60. The van der Waals surface area contributed by atoms with Gasteiger partial charge in [-0.25, -0.2) is 9.37 Å². The minimum atomic E-state index is -0.244. The van der Waals surface area contributed by atoms with Crippen molar-refractivity contribution in [2.75, 3.05) is 18.0 Å². The van der Waals surface area contributed by atoms with Crippen LogP contribution < -0.4 is 10.6 Å². The van der Waals surface area contributed by atoms with Gasteiger partial charge in [0, 0.05) is 23.8 Å². The first-order chi connectivity index (χ1) is 8.70. The number of benzene rings is 1. The van der Waals surface area contributed by atoms with E-state index in [1.165, 1.54) is 23.7 Å². The molecule has 0 spiro atoms. The van der Waals surface area contributed by atoms with E-state index in [0.717, 1.165) is 29.6 Å². The number of rotatable bonds is 5. The second-order valence-electron chi connectivity index (χ2n) is 3.89. The summed E-state index contributed by atoms with van der Waals surface area (Å²) in [6.07, 6.45) is 0.843. The number of nitrogens with zero attached hydrogens (tertiary/aromatic N) is 3. The SMILES string of the molecule is Cc1nsc(N(CCCN)c2ccc(F)cc2)n1. The number of nitrogens with two attached hydrogens (primary N) is 1. The number of halogens is 1. The summed E-state index contributed by atoms with van der Waals surface area (Å²) in [7, 11) is 0. The zero-order valence-electron chi connectivity index (χ0n) is 10.1. The fraction of sp³-hybridized carbons (Fsp3) is 0.333. The first-order valence-corrected chi connectivity index (χ1v) is 6.51. The number of anilines is 2. The van der Waals surface area contributed by atoms with E-state index in [4.69, 9.17) is 5.73 Å². The summed E-state index contributed by atoms with van der Waals surface area (Å²) in [5.74, 6) is 0.501. The topological polar surface area (TPSA) is 55.0 Å². The van der Waals surface area contributed by atoms with Gasteiger partial charge in [0.1, 0.15) is 11.6 Å². The van der Waals surface area contributed by atoms with E-state index in [1.54, 1.807) is 12.1 Å². The third-order valence-corrected chi connectivity index (χ3v) is 3.30. The van der Waals surface area contributed by atoms with Crippen molar-refractivity contribution in [3.8, 4) is 0 Å². The summed E-state index contributed by atoms with van der Waals surface area (Å²) in [5, 5.41) is 0.813. The molecule has 96 valence electrons. The van der Waals surface area contributed by atoms with Crippen LogP contribution in [0.4, 0.5) is 15.2 Å². The molecular weight excluding hydrogens is 251 g/mol. The monoisotopic (exact) mass is 266 g/mol. The van der Waals surface area contributed by atoms with Crippen molar-refractivity contribution in [1.29, 1.82) is 0 Å². The Morgan fingerprint density at radius 2 is 2.06 bits per heavy atom. The molecule has 18 heavy (non-hydrogen) atoms. The summed E-state index contributed by atoms with van der Waals surface area (Å²) < 4.78 is 17.1. The lowest BCUT2D eigenvalue weighted by Crippen LogP contribution is -2.20. The normalized spacial score (nSPS) is 10.6. The van der Waals surface area contributed by atoms with Gasteiger partial charge < -0.3 is 10.6 Å². The van der Waals surface area contributed by atoms with Crippen molar-refractivity contribution in [2.45, 2.75) is 13.3 Å². The van der Waals surface area contributed by atoms with Gasteiger partial charge in [-0.3, -0.25) is 0 Å². The summed E-state index contributed by atoms with van der Waals surface area (Å²) in [5.41, 5.74) is 6.45. The molecule has 1 aromatic heterocycles. The summed E-state index contributed by atoms with van der Waals surface area (Å²) in [6.45, 7) is 3.21. The molecule has 0 atom stereocenters. The maximum atomic E-state index is 12.9. The molecule has 0 aliphatic carbocycles. The van der Waals surface area contributed by atoms with Crippen LogP contribution in [0.15, 0.2) is 24.3 Å². The van der Waals surface area contributed by atoms with Crippen molar-refractivity contribution in [2.24, 2.45) is 5.73 Å². The molecule has 2 N–H and O–H groups in total. The summed E-state index contributed by atoms with van der Waals surface area (Å²) in [6, 6.07) is 6.36. The van der Waals surface area contributed by atoms with Crippen LogP contribution in [0.5, 0.6) is 0 Å². The molecule has 0 fully saturated rings. The molecule has 0 bridgehead atoms. The quantitative estimate of drug-likeness (QED) is 0.903. The van der Waals surface area contributed by atoms with E-state index in [1.807, 2.05) is 11.8 Å². The Morgan fingerprint density at radius 3 is 2.61 bits per heavy atom. The molecule has 0 unspecified atom stereocenters. The van der Waals surface area contributed by atoms with Gasteiger partial charge >= 0.3 is 0 Å². The van der Waals surface area contributed by atoms with Crippen molar-refractivity contribution < 1.29 is 4.39 Å². The van der Waals surface area contributed by atoms with Gasteiger partial charge in [-0.2, -0.15) is 4.37 Å². The third kappa shape index (κ3) is 3.02. The Kier molecular flexibility index (Phi) is 4.22. The molecule has 2 aromatic rings. The average Bonchev–Trinajstić information content (AvgIpc) is 2.78. The Bertz CT molecular complexity index is 497. The second-order valence-corrected chi connectivity index (χ2v) is 4.62. The molecule has 0 aliphatic heterocycles. The summed E-state index contributed by atoms with van der Waals surface area (Å²) in [4.78, 5) is 6.37. The number of hydrogen-bond acceptors (Lipinski definition) is 5. The van der Waals surface area contributed by atoms with Crippen LogP contribution in [0.25, 0.3) is 0 Å². The maximum absolute atomic E-state index is 12.9. The predicted molar refractivity (Wildman–Crippen MR) is 71.7 cm³/mol. The molecule has 0 saturated heterocycles. The largest absolute Gasteiger partial charge is 0.330 e. The van der Waals surface area contributed by atoms with Crippen LogP contribution in [-0.2, 0) is 0 Å². The van der Waals surface area contributed by atoms with E-state index in [9.17, 15) is 4.39 Å². The second kappa shape index (κ2) is 5.88. The number of aryl methyl sites for hydroxylation is 1. The molecule has 2 rings (SSSR count). The van der Waals surface area contributed by atoms with Gasteiger partial charge in [0.25, 0.3) is 0 Å². The molecular formula is C12H15FN4S. The Hall–Kier alpha value is -1.53. The first-order valence-electron chi connectivity index (χ1n) is 5.74. The average molecular weight is 266 g/mol. The minimum Gasteiger partial charge on any atom is -0.330 e.